The molecule has 0 bridgehead atoms. The molecule has 0 saturated heterocycles. The molecule has 0 spiro atoms. The van der Waals surface area contributed by atoms with Crippen LogP contribution < -0.4 is 0 Å². The molecule has 0 amide bonds. The van der Waals surface area contributed by atoms with E-state index in [9.17, 15) is 0 Å². The second kappa shape index (κ2) is 5.00. The molecule has 0 radical (unpaired) electrons. The summed E-state index contributed by atoms with van der Waals surface area (Å²) in [7, 11) is 0. The van der Waals surface area contributed by atoms with Crippen LogP contribution in [0.4, 0.5) is 0 Å². The van der Waals surface area contributed by atoms with Crippen LogP contribution in [0.3, 0.4) is 0 Å². The lowest BCUT2D eigenvalue weighted by molar-refractivity contribution is 0.350. The normalized spacial score (nSPS) is 10.3. The fraction of sp³-hybridized carbons (Fsp3) is 0.636. The van der Waals surface area contributed by atoms with Crippen molar-refractivity contribution in [3.63, 3.8) is 0 Å². The topological polar surface area (TPSA) is 20.2 Å². The smallest absolute Gasteiger partial charge is 0.104 e. The van der Waals surface area contributed by atoms with Crippen LogP contribution in [0.15, 0.2) is 12.2 Å². The Labute approximate surface area is 75.5 Å². The van der Waals surface area contributed by atoms with E-state index in [1.165, 1.54) is 0 Å². The Morgan fingerprint density at radius 1 is 1.33 bits per heavy atom. The fourth-order valence-electron chi connectivity index (χ4n) is 1.06. The molecular weight excluding hydrogens is 148 g/mol. The molecule has 12 heavy (non-hydrogen) atoms. The Morgan fingerprint density at radius 3 is 2.33 bits per heavy atom. The average Bonchev–Trinajstić information content (AvgIpc) is 1.84. The number of allylic oxidation sites excluding steroid dienone is 1. The molecule has 0 atom stereocenters. The van der Waals surface area contributed by atoms with E-state index in [0.29, 0.717) is 6.42 Å². The van der Waals surface area contributed by atoms with Gasteiger partial charge in [0.15, 0.2) is 0 Å². The highest BCUT2D eigenvalue weighted by Crippen LogP contribution is 2.24. The van der Waals surface area contributed by atoms with E-state index in [4.69, 9.17) is 5.11 Å². The largest absolute Gasteiger partial charge is 0.384 e. The van der Waals surface area contributed by atoms with Gasteiger partial charge in [0.25, 0.3) is 0 Å². The van der Waals surface area contributed by atoms with Crippen LogP contribution in [0.5, 0.6) is 0 Å². The molecule has 0 saturated carbocycles. The fourth-order valence-corrected chi connectivity index (χ4v) is 1.06. The summed E-state index contributed by atoms with van der Waals surface area (Å²) in [5, 5.41) is 8.41. The van der Waals surface area contributed by atoms with Gasteiger partial charge in [-0.25, -0.2) is 0 Å². The maximum Gasteiger partial charge on any atom is 0.104 e. The van der Waals surface area contributed by atoms with Crippen LogP contribution in [0.25, 0.3) is 0 Å². The van der Waals surface area contributed by atoms with E-state index < -0.39 is 0 Å². The van der Waals surface area contributed by atoms with Gasteiger partial charge < -0.3 is 5.11 Å². The summed E-state index contributed by atoms with van der Waals surface area (Å²) in [6.45, 7) is 10.4. The SMILES string of the molecule is C=C(CC#CCO)CC(C)(C)C. The molecule has 0 aromatic rings. The van der Waals surface area contributed by atoms with Crippen LogP contribution in [-0.4, -0.2) is 11.7 Å². The van der Waals surface area contributed by atoms with Crippen LogP contribution >= 0.6 is 0 Å². The average molecular weight is 166 g/mol. The number of hydrogen-bond donors (Lipinski definition) is 1. The van der Waals surface area contributed by atoms with Crippen molar-refractivity contribution in [2.45, 2.75) is 33.6 Å². The molecule has 1 nitrogen and oxygen atoms in total. The Hall–Kier alpha value is -0.740. The predicted octanol–water partition coefficient (Wildman–Crippen LogP) is 2.36. The molecule has 1 N–H and O–H groups in total. The third kappa shape index (κ3) is 7.37. The zero-order chi connectivity index (χ0) is 9.61. The molecule has 0 rings (SSSR count). The Balaban J connectivity index is 3.76. The van der Waals surface area contributed by atoms with Crippen molar-refractivity contribution in [3.05, 3.63) is 12.2 Å². The van der Waals surface area contributed by atoms with Crippen molar-refractivity contribution in [3.8, 4) is 11.8 Å². The minimum Gasteiger partial charge on any atom is -0.384 e. The third-order valence-electron chi connectivity index (χ3n) is 1.32. The van der Waals surface area contributed by atoms with Gasteiger partial charge in [0, 0.05) is 6.42 Å². The standard InChI is InChI=1S/C11H18O/c1-10(7-5-6-8-12)9-11(2,3)4/h12H,1,7-9H2,2-4H3. The second-order valence-corrected chi connectivity index (χ2v) is 4.18. The van der Waals surface area contributed by atoms with Gasteiger partial charge in [0.2, 0.25) is 0 Å². The van der Waals surface area contributed by atoms with Gasteiger partial charge in [-0.05, 0) is 11.8 Å². The lowest BCUT2D eigenvalue weighted by Crippen LogP contribution is -2.05. The highest BCUT2D eigenvalue weighted by atomic mass is 16.2. The Bertz CT molecular complexity index is 197. The summed E-state index contributed by atoms with van der Waals surface area (Å²) in [6.07, 6.45) is 1.70. The van der Waals surface area contributed by atoms with Gasteiger partial charge in [-0.1, -0.05) is 44.8 Å². The Kier molecular flexibility index (Phi) is 4.70. The zero-order valence-electron chi connectivity index (χ0n) is 8.28. The van der Waals surface area contributed by atoms with Gasteiger partial charge in [-0.3, -0.25) is 0 Å². The van der Waals surface area contributed by atoms with Crippen molar-refractivity contribution in [2.75, 3.05) is 6.61 Å². The van der Waals surface area contributed by atoms with Crippen LogP contribution in [0.2, 0.25) is 0 Å². The van der Waals surface area contributed by atoms with Crippen molar-refractivity contribution in [2.24, 2.45) is 5.41 Å². The van der Waals surface area contributed by atoms with E-state index in [-0.39, 0.29) is 12.0 Å². The number of aliphatic hydroxyl groups is 1. The number of rotatable bonds is 2. The molecule has 0 aromatic heterocycles. The van der Waals surface area contributed by atoms with Gasteiger partial charge in [0.05, 0.1) is 0 Å². The summed E-state index contributed by atoms with van der Waals surface area (Å²) in [5.41, 5.74) is 1.43. The summed E-state index contributed by atoms with van der Waals surface area (Å²) in [5.74, 6) is 5.47. The molecule has 0 unspecified atom stereocenters. The molecule has 0 aliphatic carbocycles. The first-order valence-electron chi connectivity index (χ1n) is 4.19. The molecule has 0 aliphatic heterocycles. The minimum absolute atomic E-state index is 0.0528. The predicted molar refractivity (Wildman–Crippen MR) is 52.7 cm³/mol. The maximum absolute atomic E-state index is 8.41. The maximum atomic E-state index is 8.41. The molecule has 0 fully saturated rings. The first-order chi connectivity index (χ1) is 5.45. The van der Waals surface area contributed by atoms with E-state index in [1.54, 1.807) is 0 Å². The second-order valence-electron chi connectivity index (χ2n) is 4.18. The molecule has 1 heteroatoms. The van der Waals surface area contributed by atoms with Crippen molar-refractivity contribution < 1.29 is 5.11 Å². The van der Waals surface area contributed by atoms with Crippen molar-refractivity contribution in [1.29, 1.82) is 0 Å². The summed E-state index contributed by atoms with van der Waals surface area (Å²) < 4.78 is 0. The van der Waals surface area contributed by atoms with Crippen LogP contribution in [0.1, 0.15) is 33.6 Å². The lowest BCUT2D eigenvalue weighted by Gasteiger charge is -2.18. The van der Waals surface area contributed by atoms with Crippen molar-refractivity contribution >= 4 is 0 Å². The Morgan fingerprint density at radius 2 is 1.92 bits per heavy atom. The quantitative estimate of drug-likeness (QED) is 0.493. The van der Waals surface area contributed by atoms with Gasteiger partial charge in [-0.15, -0.1) is 0 Å². The first-order valence-corrected chi connectivity index (χ1v) is 4.19. The van der Waals surface area contributed by atoms with E-state index >= 15 is 0 Å². The molecular formula is C11H18O. The molecule has 0 heterocycles. The highest BCUT2D eigenvalue weighted by Gasteiger charge is 2.10. The van der Waals surface area contributed by atoms with Gasteiger partial charge in [-0.2, -0.15) is 0 Å². The monoisotopic (exact) mass is 166 g/mol. The highest BCUT2D eigenvalue weighted by molar-refractivity contribution is 5.11. The minimum atomic E-state index is -0.0528. The van der Waals surface area contributed by atoms with Crippen LogP contribution in [0, 0.1) is 17.3 Å². The number of hydrogen-bond acceptors (Lipinski definition) is 1. The van der Waals surface area contributed by atoms with Gasteiger partial charge in [0.1, 0.15) is 6.61 Å². The third-order valence-corrected chi connectivity index (χ3v) is 1.32. The molecule has 0 aliphatic rings. The van der Waals surface area contributed by atoms with E-state index in [0.717, 1.165) is 12.0 Å². The zero-order valence-corrected chi connectivity index (χ0v) is 8.28. The van der Waals surface area contributed by atoms with Crippen molar-refractivity contribution in [1.82, 2.24) is 0 Å². The van der Waals surface area contributed by atoms with Crippen LogP contribution in [-0.2, 0) is 0 Å². The summed E-state index contributed by atoms with van der Waals surface area (Å²) in [6, 6.07) is 0. The van der Waals surface area contributed by atoms with E-state index in [1.807, 2.05) is 0 Å². The summed E-state index contributed by atoms with van der Waals surface area (Å²) in [4.78, 5) is 0. The first kappa shape index (κ1) is 11.3. The lowest BCUT2D eigenvalue weighted by atomic mass is 9.87. The molecule has 68 valence electrons. The summed E-state index contributed by atoms with van der Waals surface area (Å²) >= 11 is 0. The molecule has 0 aromatic carbocycles. The van der Waals surface area contributed by atoms with Gasteiger partial charge >= 0.3 is 0 Å². The van der Waals surface area contributed by atoms with E-state index in [2.05, 4.69) is 39.2 Å². The number of aliphatic hydroxyl groups excluding tert-OH is 1.